The van der Waals surface area contributed by atoms with Gasteiger partial charge in [-0.15, -0.1) is 0 Å². The molecule has 0 radical (unpaired) electrons. The molecule has 0 N–H and O–H groups in total. The van der Waals surface area contributed by atoms with E-state index in [0.717, 1.165) is 38.2 Å². The predicted molar refractivity (Wildman–Crippen MR) is 126 cm³/mol. The number of piperidine rings is 1. The Hall–Kier alpha value is -2.20. The van der Waals surface area contributed by atoms with Crippen LogP contribution in [0.4, 0.5) is 0 Å². The Kier molecular flexibility index (Phi) is 7.74. The second-order valence-corrected chi connectivity index (χ2v) is 9.48. The lowest BCUT2D eigenvalue weighted by molar-refractivity contribution is -0.133. The van der Waals surface area contributed by atoms with E-state index in [4.69, 9.17) is 0 Å². The van der Waals surface area contributed by atoms with Crippen molar-refractivity contribution in [2.75, 3.05) is 26.2 Å². The zero-order valence-corrected chi connectivity index (χ0v) is 19.0. The van der Waals surface area contributed by atoms with Crippen LogP contribution >= 0.6 is 0 Å². The van der Waals surface area contributed by atoms with Crippen molar-refractivity contribution in [3.8, 4) is 0 Å². The van der Waals surface area contributed by atoms with Crippen LogP contribution in [0.3, 0.4) is 0 Å². The van der Waals surface area contributed by atoms with Gasteiger partial charge in [-0.3, -0.25) is 9.78 Å². The highest BCUT2D eigenvalue weighted by molar-refractivity contribution is 5.79. The number of aryl methyl sites for hydroxylation is 1. The Morgan fingerprint density at radius 3 is 2.55 bits per heavy atom. The van der Waals surface area contributed by atoms with Gasteiger partial charge in [-0.05, 0) is 80.8 Å². The highest BCUT2D eigenvalue weighted by Gasteiger charge is 2.30. The van der Waals surface area contributed by atoms with E-state index in [9.17, 15) is 4.79 Å². The highest BCUT2D eigenvalue weighted by Crippen LogP contribution is 2.27. The fourth-order valence-electron chi connectivity index (χ4n) is 5.29. The van der Waals surface area contributed by atoms with Gasteiger partial charge in [0.25, 0.3) is 0 Å². The van der Waals surface area contributed by atoms with Crippen LogP contribution in [0.1, 0.15) is 55.2 Å². The number of aromatic nitrogens is 1. The molecule has 4 heteroatoms. The fourth-order valence-corrected chi connectivity index (χ4v) is 5.29. The third-order valence-electron chi connectivity index (χ3n) is 7.28. The largest absolute Gasteiger partial charge is 0.339 e. The smallest absolute Gasteiger partial charge is 0.227 e. The SMILES string of the molecule is Cc1ccccc1CCN1CCC(CN(C(=O)Cc2cccnc2)C2CCCC2)CC1. The van der Waals surface area contributed by atoms with E-state index >= 15 is 0 Å². The predicted octanol–water partition coefficient (Wildman–Crippen LogP) is 4.66. The Labute approximate surface area is 187 Å². The van der Waals surface area contributed by atoms with Crippen molar-refractivity contribution in [2.45, 2.75) is 64.3 Å². The van der Waals surface area contributed by atoms with Gasteiger partial charge in [-0.1, -0.05) is 43.2 Å². The van der Waals surface area contributed by atoms with Crippen LogP contribution in [0, 0.1) is 12.8 Å². The number of carbonyl (C=O) groups excluding carboxylic acids is 1. The van der Waals surface area contributed by atoms with Crippen molar-refractivity contribution in [1.29, 1.82) is 0 Å². The van der Waals surface area contributed by atoms with E-state index in [0.29, 0.717) is 24.3 Å². The summed E-state index contributed by atoms with van der Waals surface area (Å²) in [6, 6.07) is 13.1. The molecular weight excluding hydrogens is 382 g/mol. The van der Waals surface area contributed by atoms with Crippen molar-refractivity contribution < 1.29 is 4.79 Å². The van der Waals surface area contributed by atoms with Crippen LogP contribution < -0.4 is 0 Å². The number of hydrogen-bond acceptors (Lipinski definition) is 3. The molecular formula is C27H37N3O. The molecule has 1 amide bonds. The van der Waals surface area contributed by atoms with E-state index in [-0.39, 0.29) is 0 Å². The molecule has 1 saturated heterocycles. The van der Waals surface area contributed by atoms with Gasteiger partial charge in [-0.25, -0.2) is 0 Å². The summed E-state index contributed by atoms with van der Waals surface area (Å²) < 4.78 is 0. The molecule has 4 rings (SSSR count). The van der Waals surface area contributed by atoms with E-state index in [2.05, 4.69) is 46.0 Å². The third-order valence-corrected chi connectivity index (χ3v) is 7.28. The lowest BCUT2D eigenvalue weighted by Gasteiger charge is -2.37. The van der Waals surface area contributed by atoms with E-state index in [1.54, 1.807) is 6.20 Å². The Balaban J connectivity index is 1.29. The van der Waals surface area contributed by atoms with Crippen LogP contribution in [0.15, 0.2) is 48.8 Å². The van der Waals surface area contributed by atoms with E-state index in [1.807, 2.05) is 18.3 Å². The fraction of sp³-hybridized carbons (Fsp3) is 0.556. The molecule has 1 aromatic carbocycles. The number of amides is 1. The van der Waals surface area contributed by atoms with Gasteiger partial charge in [0.2, 0.25) is 5.91 Å². The molecule has 2 fully saturated rings. The number of carbonyl (C=O) groups is 1. The van der Waals surface area contributed by atoms with Crippen molar-refractivity contribution in [3.05, 3.63) is 65.5 Å². The summed E-state index contributed by atoms with van der Waals surface area (Å²) in [5.74, 6) is 0.926. The van der Waals surface area contributed by atoms with E-state index in [1.165, 1.54) is 49.7 Å². The minimum absolute atomic E-state index is 0.293. The molecule has 2 aliphatic rings. The number of pyridine rings is 1. The first-order valence-electron chi connectivity index (χ1n) is 12.1. The standard InChI is InChI=1S/C27H37N3O/c1-22-7-2-3-9-25(22)14-18-29-16-12-23(13-17-29)21-30(26-10-4-5-11-26)27(31)19-24-8-6-15-28-20-24/h2-3,6-9,15,20,23,26H,4-5,10-14,16-19,21H2,1H3. The highest BCUT2D eigenvalue weighted by atomic mass is 16.2. The van der Waals surface area contributed by atoms with Gasteiger partial charge in [-0.2, -0.15) is 0 Å². The first-order chi connectivity index (χ1) is 15.2. The quantitative estimate of drug-likeness (QED) is 0.624. The first kappa shape index (κ1) is 22.0. The molecule has 0 atom stereocenters. The van der Waals surface area contributed by atoms with Gasteiger partial charge in [0.15, 0.2) is 0 Å². The average molecular weight is 420 g/mol. The first-order valence-corrected chi connectivity index (χ1v) is 12.1. The summed E-state index contributed by atoms with van der Waals surface area (Å²) in [4.78, 5) is 22.3. The summed E-state index contributed by atoms with van der Waals surface area (Å²) in [5.41, 5.74) is 3.90. The van der Waals surface area contributed by atoms with E-state index < -0.39 is 0 Å². The van der Waals surface area contributed by atoms with Crippen molar-refractivity contribution in [2.24, 2.45) is 5.92 Å². The summed E-state index contributed by atoms with van der Waals surface area (Å²) in [6.07, 6.45) is 12.5. The molecule has 4 nitrogen and oxygen atoms in total. The zero-order valence-electron chi connectivity index (χ0n) is 19.0. The lowest BCUT2D eigenvalue weighted by Crippen LogP contribution is -2.45. The summed E-state index contributed by atoms with van der Waals surface area (Å²) in [7, 11) is 0. The molecule has 31 heavy (non-hydrogen) atoms. The molecule has 0 bridgehead atoms. The molecule has 166 valence electrons. The number of rotatable bonds is 8. The van der Waals surface area contributed by atoms with Crippen LogP contribution in [-0.4, -0.2) is 52.9 Å². The Morgan fingerprint density at radius 2 is 1.84 bits per heavy atom. The van der Waals surface area contributed by atoms with Crippen LogP contribution in [-0.2, 0) is 17.6 Å². The molecule has 1 aromatic heterocycles. The number of benzene rings is 1. The van der Waals surface area contributed by atoms with Gasteiger partial charge in [0.1, 0.15) is 0 Å². The maximum atomic E-state index is 13.2. The summed E-state index contributed by atoms with van der Waals surface area (Å²) in [6.45, 7) is 6.61. The molecule has 1 aliphatic heterocycles. The molecule has 2 aromatic rings. The van der Waals surface area contributed by atoms with Gasteiger partial charge in [0.05, 0.1) is 6.42 Å². The second-order valence-electron chi connectivity index (χ2n) is 9.48. The monoisotopic (exact) mass is 419 g/mol. The maximum Gasteiger partial charge on any atom is 0.227 e. The lowest BCUT2D eigenvalue weighted by atomic mass is 9.94. The molecule has 0 unspecified atom stereocenters. The summed E-state index contributed by atoms with van der Waals surface area (Å²) >= 11 is 0. The van der Waals surface area contributed by atoms with Gasteiger partial charge >= 0.3 is 0 Å². The molecule has 2 heterocycles. The van der Waals surface area contributed by atoms with Crippen molar-refractivity contribution in [1.82, 2.24) is 14.8 Å². The van der Waals surface area contributed by atoms with Gasteiger partial charge in [0, 0.05) is 31.5 Å². The van der Waals surface area contributed by atoms with Crippen molar-refractivity contribution >= 4 is 5.91 Å². The third kappa shape index (κ3) is 6.16. The minimum atomic E-state index is 0.293. The zero-order chi connectivity index (χ0) is 21.5. The van der Waals surface area contributed by atoms with Crippen LogP contribution in [0.5, 0.6) is 0 Å². The second kappa shape index (κ2) is 10.9. The van der Waals surface area contributed by atoms with Crippen LogP contribution in [0.25, 0.3) is 0 Å². The molecule has 1 saturated carbocycles. The van der Waals surface area contributed by atoms with Crippen LogP contribution in [0.2, 0.25) is 0 Å². The average Bonchev–Trinajstić information content (AvgIpc) is 3.33. The van der Waals surface area contributed by atoms with Crippen molar-refractivity contribution in [3.63, 3.8) is 0 Å². The number of nitrogens with zero attached hydrogens (tertiary/aromatic N) is 3. The topological polar surface area (TPSA) is 36.4 Å². The Bertz CT molecular complexity index is 823. The molecule has 0 spiro atoms. The normalized spacial score (nSPS) is 18.4. The van der Waals surface area contributed by atoms with Gasteiger partial charge < -0.3 is 9.80 Å². The minimum Gasteiger partial charge on any atom is -0.339 e. The summed E-state index contributed by atoms with van der Waals surface area (Å²) in [5, 5.41) is 0. The number of hydrogen-bond donors (Lipinski definition) is 0. The molecule has 1 aliphatic carbocycles. The maximum absolute atomic E-state index is 13.2. The number of likely N-dealkylation sites (tertiary alicyclic amines) is 1. The Morgan fingerprint density at radius 1 is 1.06 bits per heavy atom.